The Morgan fingerprint density at radius 3 is 2.62 bits per heavy atom. The number of aromatic nitrogens is 2. The first-order chi connectivity index (χ1) is 16.6. The summed E-state index contributed by atoms with van der Waals surface area (Å²) in [5.41, 5.74) is 4.68. The second-order valence-corrected chi connectivity index (χ2v) is 8.45. The summed E-state index contributed by atoms with van der Waals surface area (Å²) in [7, 11) is 0. The quantitative estimate of drug-likeness (QED) is 0.350. The van der Waals surface area contributed by atoms with Gasteiger partial charge in [-0.3, -0.25) is 4.79 Å². The number of carbonyl (C=O) groups is 1. The monoisotopic (exact) mass is 454 g/mol. The highest BCUT2D eigenvalue weighted by atomic mass is 16.8. The number of hydrogen-bond acceptors (Lipinski definition) is 5. The molecule has 0 aliphatic carbocycles. The van der Waals surface area contributed by atoms with Crippen molar-refractivity contribution in [3.05, 3.63) is 108 Å². The smallest absolute Gasteiger partial charge is 0.214 e. The van der Waals surface area contributed by atoms with Crippen LogP contribution < -0.4 is 4.74 Å². The molecule has 0 bridgehead atoms. The van der Waals surface area contributed by atoms with Crippen LogP contribution in [0, 0.1) is 6.92 Å². The van der Waals surface area contributed by atoms with E-state index in [0.717, 1.165) is 28.7 Å². The van der Waals surface area contributed by atoms with E-state index in [1.54, 1.807) is 12.5 Å². The number of benzene rings is 3. The van der Waals surface area contributed by atoms with Crippen LogP contribution in [0.15, 0.2) is 91.5 Å². The van der Waals surface area contributed by atoms with Crippen LogP contribution >= 0.6 is 0 Å². The predicted octanol–water partition coefficient (Wildman–Crippen LogP) is 5.02. The molecule has 5 rings (SSSR count). The Hall–Kier alpha value is -3.74. The molecule has 1 saturated heterocycles. The molecule has 2 heterocycles. The molecule has 0 spiro atoms. The van der Waals surface area contributed by atoms with Gasteiger partial charge in [-0.15, -0.1) is 0 Å². The van der Waals surface area contributed by atoms with E-state index >= 15 is 0 Å². The Morgan fingerprint density at radius 1 is 1.09 bits per heavy atom. The molecule has 34 heavy (non-hydrogen) atoms. The second-order valence-electron chi connectivity index (χ2n) is 8.45. The number of aryl methyl sites for hydroxylation is 1. The summed E-state index contributed by atoms with van der Waals surface area (Å²) >= 11 is 0. The maximum Gasteiger partial charge on any atom is 0.214 e. The Balaban J connectivity index is 1.27. The fraction of sp³-hybridized carbons (Fsp3) is 0.214. The second kappa shape index (κ2) is 9.63. The predicted molar refractivity (Wildman–Crippen MR) is 129 cm³/mol. The Kier molecular flexibility index (Phi) is 6.25. The molecule has 1 aliphatic heterocycles. The van der Waals surface area contributed by atoms with E-state index in [1.165, 1.54) is 5.56 Å². The van der Waals surface area contributed by atoms with Crippen molar-refractivity contribution in [1.82, 2.24) is 9.55 Å². The van der Waals surface area contributed by atoms with Crippen LogP contribution in [0.2, 0.25) is 0 Å². The fourth-order valence-corrected chi connectivity index (χ4v) is 4.18. The average molecular weight is 455 g/mol. The molecule has 6 heteroatoms. The topological polar surface area (TPSA) is 62.6 Å². The molecule has 1 aliphatic rings. The van der Waals surface area contributed by atoms with Crippen LogP contribution in [0.4, 0.5) is 0 Å². The fourth-order valence-electron chi connectivity index (χ4n) is 4.18. The van der Waals surface area contributed by atoms with Gasteiger partial charge in [0, 0.05) is 23.5 Å². The summed E-state index contributed by atoms with van der Waals surface area (Å²) < 4.78 is 20.7. The van der Waals surface area contributed by atoms with E-state index in [-0.39, 0.29) is 6.10 Å². The van der Waals surface area contributed by atoms with Crippen LogP contribution in [-0.4, -0.2) is 35.2 Å². The number of rotatable bonds is 8. The van der Waals surface area contributed by atoms with Crippen molar-refractivity contribution in [2.45, 2.75) is 25.4 Å². The molecule has 0 N–H and O–H groups in total. The summed E-state index contributed by atoms with van der Waals surface area (Å²) in [6, 6.07) is 23.5. The maximum absolute atomic E-state index is 11.3. The Labute approximate surface area is 198 Å². The van der Waals surface area contributed by atoms with Crippen LogP contribution in [0.25, 0.3) is 11.1 Å². The SMILES string of the molecule is Cc1ccc(C2(Cn3ccnc3)OCC(COc3ccc(-c4ccccc4C=O)cc3)O2)cc1. The highest BCUT2D eigenvalue weighted by molar-refractivity contribution is 5.87. The van der Waals surface area contributed by atoms with Crippen molar-refractivity contribution in [2.24, 2.45) is 0 Å². The van der Waals surface area contributed by atoms with E-state index in [4.69, 9.17) is 14.2 Å². The molecule has 4 aromatic rings. The van der Waals surface area contributed by atoms with Gasteiger partial charge in [0.1, 0.15) is 18.5 Å². The van der Waals surface area contributed by atoms with Gasteiger partial charge in [-0.2, -0.15) is 0 Å². The third-order valence-corrected chi connectivity index (χ3v) is 5.99. The number of carbonyl (C=O) groups excluding carboxylic acids is 1. The molecule has 172 valence electrons. The van der Waals surface area contributed by atoms with Gasteiger partial charge in [0.15, 0.2) is 6.29 Å². The molecule has 0 saturated carbocycles. The van der Waals surface area contributed by atoms with E-state index in [1.807, 2.05) is 71.4 Å². The molecule has 0 radical (unpaired) electrons. The zero-order chi connectivity index (χ0) is 23.4. The molecule has 2 unspecified atom stereocenters. The lowest BCUT2D eigenvalue weighted by atomic mass is 10.0. The summed E-state index contributed by atoms with van der Waals surface area (Å²) in [5, 5.41) is 0. The minimum absolute atomic E-state index is 0.222. The van der Waals surface area contributed by atoms with Gasteiger partial charge in [-0.05, 0) is 30.2 Å². The minimum atomic E-state index is -0.898. The number of ether oxygens (including phenoxy) is 3. The van der Waals surface area contributed by atoms with Crippen molar-refractivity contribution in [3.8, 4) is 16.9 Å². The summed E-state index contributed by atoms with van der Waals surface area (Å²) in [6.45, 7) is 3.34. The molecule has 3 aromatic carbocycles. The van der Waals surface area contributed by atoms with Gasteiger partial charge >= 0.3 is 0 Å². The first-order valence-corrected chi connectivity index (χ1v) is 11.3. The number of hydrogen-bond donors (Lipinski definition) is 0. The summed E-state index contributed by atoms with van der Waals surface area (Å²) in [6.07, 6.45) is 6.06. The van der Waals surface area contributed by atoms with Gasteiger partial charge < -0.3 is 18.8 Å². The average Bonchev–Trinajstić information content (AvgIpc) is 3.54. The van der Waals surface area contributed by atoms with Crippen molar-refractivity contribution < 1.29 is 19.0 Å². The standard InChI is InChI=1S/C28H26N2O4/c1-21-6-10-24(11-7-21)28(19-30-15-14-29-20-30)33-18-26(34-28)17-32-25-12-8-22(9-13-25)27-5-3-2-4-23(27)16-31/h2-16,20,26H,17-19H2,1H3. The lowest BCUT2D eigenvalue weighted by Crippen LogP contribution is -2.34. The summed E-state index contributed by atoms with van der Waals surface area (Å²) in [5.74, 6) is -0.163. The van der Waals surface area contributed by atoms with Gasteiger partial charge in [0.2, 0.25) is 5.79 Å². The largest absolute Gasteiger partial charge is 0.491 e. The number of nitrogens with zero attached hydrogens (tertiary/aromatic N) is 2. The first kappa shape index (κ1) is 22.1. The zero-order valence-electron chi connectivity index (χ0n) is 19.0. The normalized spacial score (nSPS) is 19.7. The van der Waals surface area contributed by atoms with E-state index in [0.29, 0.717) is 25.3 Å². The molecule has 2 atom stereocenters. The molecule has 1 aromatic heterocycles. The Morgan fingerprint density at radius 2 is 1.88 bits per heavy atom. The van der Waals surface area contributed by atoms with Crippen LogP contribution in [0.3, 0.4) is 0 Å². The molecule has 1 fully saturated rings. The minimum Gasteiger partial charge on any atom is -0.491 e. The lowest BCUT2D eigenvalue weighted by Gasteiger charge is -2.29. The van der Waals surface area contributed by atoms with E-state index < -0.39 is 5.79 Å². The number of aldehydes is 1. The highest BCUT2D eigenvalue weighted by Gasteiger charge is 2.44. The highest BCUT2D eigenvalue weighted by Crippen LogP contribution is 2.36. The number of imidazole rings is 1. The van der Waals surface area contributed by atoms with Gasteiger partial charge in [0.05, 0.1) is 19.5 Å². The lowest BCUT2D eigenvalue weighted by molar-refractivity contribution is -0.189. The van der Waals surface area contributed by atoms with Crippen LogP contribution in [-0.2, 0) is 21.8 Å². The van der Waals surface area contributed by atoms with E-state index in [2.05, 4.69) is 24.0 Å². The van der Waals surface area contributed by atoms with Gasteiger partial charge in [0.25, 0.3) is 0 Å². The molecule has 6 nitrogen and oxygen atoms in total. The van der Waals surface area contributed by atoms with E-state index in [9.17, 15) is 4.79 Å². The third kappa shape index (κ3) is 4.64. The zero-order valence-corrected chi connectivity index (χ0v) is 19.0. The van der Waals surface area contributed by atoms with Crippen molar-refractivity contribution in [3.63, 3.8) is 0 Å². The van der Waals surface area contributed by atoms with Crippen molar-refractivity contribution in [2.75, 3.05) is 13.2 Å². The van der Waals surface area contributed by atoms with Gasteiger partial charge in [-0.25, -0.2) is 4.98 Å². The maximum atomic E-state index is 11.3. The first-order valence-electron chi connectivity index (χ1n) is 11.3. The van der Waals surface area contributed by atoms with Crippen LogP contribution in [0.5, 0.6) is 5.75 Å². The third-order valence-electron chi connectivity index (χ3n) is 5.99. The Bertz CT molecular complexity index is 1240. The molecular formula is C28H26N2O4. The van der Waals surface area contributed by atoms with Gasteiger partial charge in [-0.1, -0.05) is 66.2 Å². The van der Waals surface area contributed by atoms with Crippen molar-refractivity contribution >= 4 is 6.29 Å². The summed E-state index contributed by atoms with van der Waals surface area (Å²) in [4.78, 5) is 15.5. The molecular weight excluding hydrogens is 428 g/mol. The van der Waals surface area contributed by atoms with Crippen LogP contribution in [0.1, 0.15) is 21.5 Å². The molecule has 0 amide bonds. The van der Waals surface area contributed by atoms with Crippen molar-refractivity contribution in [1.29, 1.82) is 0 Å².